The van der Waals surface area contributed by atoms with E-state index in [1.165, 1.54) is 0 Å². The maximum absolute atomic E-state index is 13.0. The van der Waals surface area contributed by atoms with Gasteiger partial charge in [-0.15, -0.1) is 0 Å². The van der Waals surface area contributed by atoms with Crippen molar-refractivity contribution in [3.63, 3.8) is 0 Å². The van der Waals surface area contributed by atoms with Gasteiger partial charge in [-0.05, 0) is 50.6 Å². The molecule has 0 saturated heterocycles. The van der Waals surface area contributed by atoms with Gasteiger partial charge >= 0.3 is 0 Å². The molecule has 7 heteroatoms. The molecule has 0 radical (unpaired) electrons. The summed E-state index contributed by atoms with van der Waals surface area (Å²) < 4.78 is 5.64. The van der Waals surface area contributed by atoms with E-state index in [1.807, 2.05) is 37.4 Å². The molecule has 4 rings (SSSR count). The third-order valence-electron chi connectivity index (χ3n) is 6.70. The number of carbonyl (C=O) groups is 2. The molecule has 31 heavy (non-hydrogen) atoms. The molecular formula is C24H32N4O3. The summed E-state index contributed by atoms with van der Waals surface area (Å²) in [5, 5.41) is 6.79. The van der Waals surface area contributed by atoms with E-state index in [-0.39, 0.29) is 17.7 Å². The van der Waals surface area contributed by atoms with Crippen molar-refractivity contribution in [3.05, 3.63) is 53.5 Å². The lowest BCUT2D eigenvalue weighted by atomic mass is 9.91. The number of nitrogens with zero attached hydrogens (tertiary/aromatic N) is 2. The zero-order chi connectivity index (χ0) is 22.0. The Morgan fingerprint density at radius 3 is 2.77 bits per heavy atom. The Hall–Kier alpha value is -2.80. The highest BCUT2D eigenvalue weighted by molar-refractivity contribution is 6.02. The van der Waals surface area contributed by atoms with Gasteiger partial charge in [-0.2, -0.15) is 0 Å². The number of benzene rings is 1. The van der Waals surface area contributed by atoms with Crippen molar-refractivity contribution < 1.29 is 14.0 Å². The fourth-order valence-electron chi connectivity index (χ4n) is 4.86. The normalized spacial score (nSPS) is 22.3. The molecule has 1 aliphatic carbocycles. The number of hydrogen-bond donors (Lipinski definition) is 2. The minimum Gasteiger partial charge on any atom is -0.467 e. The Morgan fingerprint density at radius 2 is 2.00 bits per heavy atom. The van der Waals surface area contributed by atoms with E-state index in [0.717, 1.165) is 43.8 Å². The van der Waals surface area contributed by atoms with Gasteiger partial charge in [0.2, 0.25) is 0 Å². The first kappa shape index (κ1) is 21.4. The summed E-state index contributed by atoms with van der Waals surface area (Å²) in [5.41, 5.74) is 1.60. The second kappa shape index (κ2) is 8.75. The van der Waals surface area contributed by atoms with Crippen molar-refractivity contribution >= 4 is 17.5 Å². The average molecular weight is 425 g/mol. The van der Waals surface area contributed by atoms with Crippen LogP contribution in [0.5, 0.6) is 0 Å². The lowest BCUT2D eigenvalue weighted by Gasteiger charge is -2.43. The molecule has 1 aromatic heterocycles. The van der Waals surface area contributed by atoms with E-state index in [2.05, 4.69) is 29.4 Å². The van der Waals surface area contributed by atoms with E-state index in [1.54, 1.807) is 11.2 Å². The number of rotatable bonds is 7. The summed E-state index contributed by atoms with van der Waals surface area (Å²) in [6, 6.07) is 9.43. The number of hydrogen-bond acceptors (Lipinski definition) is 5. The summed E-state index contributed by atoms with van der Waals surface area (Å²) in [6.45, 7) is 7.36. The van der Waals surface area contributed by atoms with Crippen LogP contribution in [0, 0.1) is 5.92 Å². The molecule has 1 aromatic carbocycles. The summed E-state index contributed by atoms with van der Waals surface area (Å²) in [6.07, 6.45) is 4.35. The Balaban J connectivity index is 1.45. The van der Waals surface area contributed by atoms with Crippen molar-refractivity contribution in [2.75, 3.05) is 32.0 Å². The largest absolute Gasteiger partial charge is 0.467 e. The molecule has 7 nitrogen and oxygen atoms in total. The standard InChI is InChI=1S/C24H32N4O3/c1-4-28(5-2)15-19-13-17(16-31-19)23(30)27(3)14-18-9-8-12-24(18)25-21-11-7-6-10-20(21)22(29)26-24/h6-7,10-11,13,16,18,25H,4-5,8-9,12,14-15H2,1-3H3,(H,26,29)/t18-,24+/m1/s1. The monoisotopic (exact) mass is 424 g/mol. The number of furan rings is 1. The fourth-order valence-corrected chi connectivity index (χ4v) is 4.86. The van der Waals surface area contributed by atoms with Gasteiger partial charge in [0.15, 0.2) is 0 Å². The minimum atomic E-state index is -0.510. The molecule has 166 valence electrons. The molecule has 2 aliphatic rings. The lowest BCUT2D eigenvalue weighted by molar-refractivity contribution is 0.0734. The molecule has 2 amide bonds. The topological polar surface area (TPSA) is 77.8 Å². The van der Waals surface area contributed by atoms with Crippen molar-refractivity contribution in [1.82, 2.24) is 15.1 Å². The zero-order valence-corrected chi connectivity index (χ0v) is 18.6. The van der Waals surface area contributed by atoms with Crippen LogP contribution in [0.2, 0.25) is 0 Å². The predicted molar refractivity (Wildman–Crippen MR) is 120 cm³/mol. The Kier molecular flexibility index (Phi) is 6.05. The van der Waals surface area contributed by atoms with E-state index < -0.39 is 5.66 Å². The summed E-state index contributed by atoms with van der Waals surface area (Å²) in [7, 11) is 1.82. The molecule has 1 saturated carbocycles. The Bertz CT molecular complexity index is 952. The first-order valence-corrected chi connectivity index (χ1v) is 11.2. The fraction of sp³-hybridized carbons (Fsp3) is 0.500. The number of anilines is 1. The molecule has 2 heterocycles. The summed E-state index contributed by atoms with van der Waals surface area (Å²) in [5.74, 6) is 0.821. The van der Waals surface area contributed by atoms with Crippen molar-refractivity contribution in [2.45, 2.75) is 45.3 Å². The van der Waals surface area contributed by atoms with Crippen LogP contribution >= 0.6 is 0 Å². The number of para-hydroxylation sites is 1. The van der Waals surface area contributed by atoms with Gasteiger partial charge < -0.3 is 20.0 Å². The van der Waals surface area contributed by atoms with E-state index in [9.17, 15) is 9.59 Å². The van der Waals surface area contributed by atoms with E-state index in [0.29, 0.717) is 24.2 Å². The molecule has 0 unspecified atom stereocenters. The van der Waals surface area contributed by atoms with Gasteiger partial charge in [0, 0.05) is 25.2 Å². The second-order valence-electron chi connectivity index (χ2n) is 8.63. The zero-order valence-electron chi connectivity index (χ0n) is 18.6. The Labute approximate surface area is 183 Å². The van der Waals surface area contributed by atoms with Crippen LogP contribution in [0.4, 0.5) is 5.69 Å². The predicted octanol–water partition coefficient (Wildman–Crippen LogP) is 3.55. The van der Waals surface area contributed by atoms with Crippen LogP contribution in [0.15, 0.2) is 41.0 Å². The van der Waals surface area contributed by atoms with Crippen LogP contribution in [-0.4, -0.2) is 54.0 Å². The van der Waals surface area contributed by atoms with E-state index >= 15 is 0 Å². The molecule has 2 N–H and O–H groups in total. The molecule has 1 fully saturated rings. The first-order chi connectivity index (χ1) is 15.0. The molecule has 2 atom stereocenters. The number of amides is 2. The maximum Gasteiger partial charge on any atom is 0.256 e. The SMILES string of the molecule is CCN(CC)Cc1cc(C(=O)N(C)C[C@H]2CCC[C@]23NC(=O)c2ccccc2N3)co1. The van der Waals surface area contributed by atoms with Crippen LogP contribution in [0.25, 0.3) is 0 Å². The molecular weight excluding hydrogens is 392 g/mol. The molecule has 1 aliphatic heterocycles. The summed E-state index contributed by atoms with van der Waals surface area (Å²) >= 11 is 0. The van der Waals surface area contributed by atoms with E-state index in [4.69, 9.17) is 4.42 Å². The highest BCUT2D eigenvalue weighted by Gasteiger charge is 2.47. The highest BCUT2D eigenvalue weighted by atomic mass is 16.3. The number of fused-ring (bicyclic) bond motifs is 1. The molecule has 2 aromatic rings. The maximum atomic E-state index is 13.0. The number of nitrogens with one attached hydrogen (secondary N) is 2. The second-order valence-corrected chi connectivity index (χ2v) is 8.63. The van der Waals surface area contributed by atoms with Gasteiger partial charge in [0.1, 0.15) is 17.7 Å². The van der Waals surface area contributed by atoms with Crippen molar-refractivity contribution in [2.24, 2.45) is 5.92 Å². The highest BCUT2D eigenvalue weighted by Crippen LogP contribution is 2.40. The van der Waals surface area contributed by atoms with Crippen LogP contribution in [0.1, 0.15) is 59.6 Å². The quantitative estimate of drug-likeness (QED) is 0.711. The lowest BCUT2D eigenvalue weighted by Crippen LogP contribution is -2.61. The van der Waals surface area contributed by atoms with Crippen LogP contribution in [-0.2, 0) is 6.54 Å². The first-order valence-electron chi connectivity index (χ1n) is 11.2. The average Bonchev–Trinajstić information content (AvgIpc) is 3.38. The molecule has 1 spiro atoms. The third kappa shape index (κ3) is 4.19. The summed E-state index contributed by atoms with van der Waals surface area (Å²) in [4.78, 5) is 29.8. The van der Waals surface area contributed by atoms with Gasteiger partial charge in [-0.25, -0.2) is 0 Å². The van der Waals surface area contributed by atoms with Gasteiger partial charge in [-0.1, -0.05) is 26.0 Å². The third-order valence-corrected chi connectivity index (χ3v) is 6.70. The minimum absolute atomic E-state index is 0.0499. The van der Waals surface area contributed by atoms with Crippen LogP contribution < -0.4 is 10.6 Å². The van der Waals surface area contributed by atoms with Crippen molar-refractivity contribution in [1.29, 1.82) is 0 Å². The van der Waals surface area contributed by atoms with Gasteiger partial charge in [0.25, 0.3) is 11.8 Å². The van der Waals surface area contributed by atoms with Crippen LogP contribution in [0.3, 0.4) is 0 Å². The Morgan fingerprint density at radius 1 is 1.23 bits per heavy atom. The van der Waals surface area contributed by atoms with Gasteiger partial charge in [0.05, 0.1) is 17.7 Å². The smallest absolute Gasteiger partial charge is 0.256 e. The van der Waals surface area contributed by atoms with Crippen molar-refractivity contribution in [3.8, 4) is 0 Å². The molecule has 0 bridgehead atoms. The number of carbonyl (C=O) groups excluding carboxylic acids is 2. The van der Waals surface area contributed by atoms with Gasteiger partial charge in [-0.3, -0.25) is 14.5 Å².